The first-order valence-electron chi connectivity index (χ1n) is 11.1. The second kappa shape index (κ2) is 11.1. The molecule has 0 aliphatic heterocycles. The number of aliphatic imine (C=N–C) groups is 1. The fraction of sp³-hybridized carbons (Fsp3) is 0.0345. The predicted molar refractivity (Wildman–Crippen MR) is 145 cm³/mol. The van der Waals surface area contributed by atoms with Crippen LogP contribution < -0.4 is 16.0 Å². The fourth-order valence-electron chi connectivity index (χ4n) is 3.57. The Morgan fingerprint density at radius 3 is 2.36 bits per heavy atom. The van der Waals surface area contributed by atoms with Crippen LogP contribution >= 0.6 is 0 Å². The van der Waals surface area contributed by atoms with Gasteiger partial charge in [0, 0.05) is 52.2 Å². The van der Waals surface area contributed by atoms with Crippen molar-refractivity contribution in [3.05, 3.63) is 102 Å². The van der Waals surface area contributed by atoms with Gasteiger partial charge >= 0.3 is 0 Å². The van der Waals surface area contributed by atoms with Crippen LogP contribution in [-0.2, 0) is 0 Å². The number of carbonyl (C=O) groups excluding carboxylic acids is 1. The lowest BCUT2D eigenvalue weighted by atomic mass is 10.1. The summed E-state index contributed by atoms with van der Waals surface area (Å²) in [7, 11) is 0. The zero-order valence-corrected chi connectivity index (χ0v) is 19.5. The lowest BCUT2D eigenvalue weighted by Gasteiger charge is -2.11. The van der Waals surface area contributed by atoms with E-state index in [0.717, 1.165) is 33.7 Å². The van der Waals surface area contributed by atoms with Crippen LogP contribution in [0, 0.1) is 23.8 Å². The number of anilines is 4. The molecule has 0 unspecified atom stereocenters. The molecule has 0 aliphatic rings. The highest BCUT2D eigenvalue weighted by Crippen LogP contribution is 2.28. The van der Waals surface area contributed by atoms with Gasteiger partial charge in [-0.3, -0.25) is 9.78 Å². The van der Waals surface area contributed by atoms with Crippen LogP contribution in [-0.4, -0.2) is 17.1 Å². The molecule has 0 aliphatic carbocycles. The van der Waals surface area contributed by atoms with Crippen molar-refractivity contribution in [3.8, 4) is 18.5 Å². The number of hydrogen-bond acceptors (Lipinski definition) is 6. The molecule has 1 aromatic heterocycles. The number of aromatic nitrogens is 1. The number of nitrogens with one attached hydrogen (secondary N) is 3. The number of allylic oxidation sites excluding steroid dienone is 2. The molecule has 0 spiro atoms. The monoisotopic (exact) mass is 470 g/mol. The van der Waals surface area contributed by atoms with Gasteiger partial charge in [-0.05, 0) is 79.7 Å². The molecule has 0 bridgehead atoms. The molecular formula is C29H22N6O. The maximum absolute atomic E-state index is 12.7. The number of pyridine rings is 1. The summed E-state index contributed by atoms with van der Waals surface area (Å²) >= 11 is 0. The summed E-state index contributed by atoms with van der Waals surface area (Å²) in [6, 6.07) is 26.2. The first kappa shape index (κ1) is 23.7. The number of nitriles is 1. The van der Waals surface area contributed by atoms with Crippen LogP contribution in [0.3, 0.4) is 0 Å². The summed E-state index contributed by atoms with van der Waals surface area (Å²) in [5.74, 6) is -0.218. The molecule has 3 N–H and O–H groups in total. The number of nitrogens with zero attached hydrogens (tertiary/aromatic N) is 3. The number of terminal acetylenes is 1. The van der Waals surface area contributed by atoms with E-state index in [9.17, 15) is 10.1 Å². The fourth-order valence-corrected chi connectivity index (χ4v) is 3.57. The van der Waals surface area contributed by atoms with Crippen molar-refractivity contribution in [2.45, 2.75) is 6.92 Å². The number of hydrogen-bond donors (Lipinski definition) is 3. The highest BCUT2D eigenvalue weighted by Gasteiger charge is 2.09. The van der Waals surface area contributed by atoms with Crippen molar-refractivity contribution >= 4 is 45.8 Å². The Morgan fingerprint density at radius 1 is 0.972 bits per heavy atom. The van der Waals surface area contributed by atoms with Gasteiger partial charge in [0.2, 0.25) is 0 Å². The second-order valence-electron chi connectivity index (χ2n) is 7.79. The number of rotatable bonds is 7. The maximum atomic E-state index is 12.7. The lowest BCUT2D eigenvalue weighted by molar-refractivity contribution is 0.102. The van der Waals surface area contributed by atoms with Gasteiger partial charge in [0.25, 0.3) is 5.91 Å². The van der Waals surface area contributed by atoms with Gasteiger partial charge in [-0.2, -0.15) is 5.26 Å². The topological polar surface area (TPSA) is 102 Å². The Bertz CT molecular complexity index is 1530. The predicted octanol–water partition coefficient (Wildman–Crippen LogP) is 6.08. The zero-order valence-electron chi connectivity index (χ0n) is 19.5. The average Bonchev–Trinajstić information content (AvgIpc) is 2.90. The minimum Gasteiger partial charge on any atom is -0.359 e. The highest BCUT2D eigenvalue weighted by atomic mass is 16.1. The van der Waals surface area contributed by atoms with Crippen LogP contribution in [0.2, 0.25) is 0 Å². The summed E-state index contributed by atoms with van der Waals surface area (Å²) in [6.45, 7) is 1.90. The minimum absolute atomic E-state index is 0.218. The first-order chi connectivity index (χ1) is 17.6. The number of fused-ring (bicyclic) bond motifs is 1. The molecule has 7 heteroatoms. The van der Waals surface area contributed by atoms with E-state index in [-0.39, 0.29) is 5.91 Å². The van der Waals surface area contributed by atoms with Gasteiger partial charge in [-0.15, -0.1) is 0 Å². The molecule has 0 saturated carbocycles. The summed E-state index contributed by atoms with van der Waals surface area (Å²) in [5, 5.41) is 19.7. The van der Waals surface area contributed by atoms with Crippen LogP contribution in [0.15, 0.2) is 95.8 Å². The zero-order chi connectivity index (χ0) is 25.3. The van der Waals surface area contributed by atoms with Gasteiger partial charge in [0.15, 0.2) is 0 Å². The second-order valence-corrected chi connectivity index (χ2v) is 7.79. The van der Waals surface area contributed by atoms with Crippen molar-refractivity contribution in [2.24, 2.45) is 4.99 Å². The SMILES string of the molecule is C#C/N=C\C=C(/C)Nc1ccc(NC(=O)c2ccc(Nc3ccnc4cccc(C#N)c34)cc2)cc1. The van der Waals surface area contributed by atoms with Crippen molar-refractivity contribution < 1.29 is 4.79 Å². The molecule has 0 atom stereocenters. The third-order valence-corrected chi connectivity index (χ3v) is 5.27. The van der Waals surface area contributed by atoms with E-state index in [1.807, 2.05) is 61.5 Å². The van der Waals surface area contributed by atoms with Gasteiger partial charge in [0.1, 0.15) is 0 Å². The summed E-state index contributed by atoms with van der Waals surface area (Å²) in [5.41, 5.74) is 5.79. The quantitative estimate of drug-likeness (QED) is 0.224. The number of benzene rings is 3. The minimum atomic E-state index is -0.218. The van der Waals surface area contributed by atoms with Crippen LogP contribution in [0.4, 0.5) is 22.7 Å². The van der Waals surface area contributed by atoms with E-state index in [1.54, 1.807) is 36.7 Å². The Labute approximate surface area is 209 Å². The van der Waals surface area contributed by atoms with E-state index in [1.165, 1.54) is 0 Å². The van der Waals surface area contributed by atoms with Gasteiger partial charge in [0.05, 0.1) is 22.8 Å². The molecule has 0 fully saturated rings. The van der Waals surface area contributed by atoms with Crippen molar-refractivity contribution in [3.63, 3.8) is 0 Å². The van der Waals surface area contributed by atoms with Crippen LogP contribution in [0.1, 0.15) is 22.8 Å². The lowest BCUT2D eigenvalue weighted by Crippen LogP contribution is -2.11. The van der Waals surface area contributed by atoms with Crippen LogP contribution in [0.5, 0.6) is 0 Å². The molecule has 3 aromatic carbocycles. The molecule has 1 heterocycles. The number of amides is 1. The Kier molecular flexibility index (Phi) is 7.35. The summed E-state index contributed by atoms with van der Waals surface area (Å²) in [4.78, 5) is 20.8. The van der Waals surface area contributed by atoms with Gasteiger partial charge < -0.3 is 16.0 Å². The standard InChI is InChI=1S/C29H22N6O/c1-3-31-17-15-20(2)33-23-11-13-25(14-12-23)35-29(36)21-7-9-24(10-8-21)34-27-16-18-32-26-6-4-5-22(19-30)28(26)27/h1,4-18,33H,2H3,(H,32,34)(H,35,36)/b20-15+,31-17-. The van der Waals surface area contributed by atoms with E-state index in [2.05, 4.69) is 38.0 Å². The van der Waals surface area contributed by atoms with E-state index in [4.69, 9.17) is 6.42 Å². The van der Waals surface area contributed by atoms with Crippen molar-refractivity contribution in [1.82, 2.24) is 4.98 Å². The molecule has 4 aromatic rings. The molecular weight excluding hydrogens is 448 g/mol. The molecule has 36 heavy (non-hydrogen) atoms. The Morgan fingerprint density at radius 2 is 1.67 bits per heavy atom. The third-order valence-electron chi connectivity index (χ3n) is 5.27. The molecule has 0 radical (unpaired) electrons. The molecule has 4 rings (SSSR count). The molecule has 174 valence electrons. The van der Waals surface area contributed by atoms with E-state index in [0.29, 0.717) is 16.8 Å². The summed E-state index contributed by atoms with van der Waals surface area (Å²) < 4.78 is 0. The third kappa shape index (κ3) is 5.74. The van der Waals surface area contributed by atoms with Crippen molar-refractivity contribution in [2.75, 3.05) is 16.0 Å². The van der Waals surface area contributed by atoms with Crippen molar-refractivity contribution in [1.29, 1.82) is 5.26 Å². The number of carbonyl (C=O) groups is 1. The smallest absolute Gasteiger partial charge is 0.255 e. The molecule has 7 nitrogen and oxygen atoms in total. The first-order valence-corrected chi connectivity index (χ1v) is 11.1. The van der Waals surface area contributed by atoms with Gasteiger partial charge in [-0.25, -0.2) is 4.99 Å². The normalized spacial score (nSPS) is 11.0. The largest absolute Gasteiger partial charge is 0.359 e. The molecule has 1 amide bonds. The highest BCUT2D eigenvalue weighted by molar-refractivity contribution is 6.04. The maximum Gasteiger partial charge on any atom is 0.255 e. The van der Waals surface area contributed by atoms with Crippen LogP contribution in [0.25, 0.3) is 10.9 Å². The molecule has 0 saturated heterocycles. The summed E-state index contributed by atoms with van der Waals surface area (Å²) in [6.07, 6.45) is 10.1. The van der Waals surface area contributed by atoms with E-state index < -0.39 is 0 Å². The Balaban J connectivity index is 1.41. The average molecular weight is 471 g/mol. The Hall–Kier alpha value is -5.40. The van der Waals surface area contributed by atoms with Gasteiger partial charge in [-0.1, -0.05) is 12.5 Å². The van der Waals surface area contributed by atoms with E-state index >= 15 is 0 Å².